The minimum absolute atomic E-state index is 0.331. The van der Waals surface area contributed by atoms with Gasteiger partial charge in [-0.3, -0.25) is 4.79 Å². The van der Waals surface area contributed by atoms with Crippen LogP contribution < -0.4 is 0 Å². The van der Waals surface area contributed by atoms with Crippen LogP contribution >= 0.6 is 0 Å². The van der Waals surface area contributed by atoms with E-state index in [-0.39, 0.29) is 0 Å². The van der Waals surface area contributed by atoms with E-state index in [9.17, 15) is 9.90 Å². The summed E-state index contributed by atoms with van der Waals surface area (Å²) in [6.07, 6.45) is 2.48. The molecular weight excluding hydrogens is 254 g/mol. The summed E-state index contributed by atoms with van der Waals surface area (Å²) in [7, 11) is 1.99. The highest BCUT2D eigenvalue weighted by molar-refractivity contribution is 5.75. The van der Waals surface area contributed by atoms with Crippen LogP contribution in [0.25, 0.3) is 0 Å². The highest BCUT2D eigenvalue weighted by Crippen LogP contribution is 2.29. The summed E-state index contributed by atoms with van der Waals surface area (Å²) in [4.78, 5) is 13.7. The number of likely N-dealkylation sites (N-methyl/N-ethyl adjacent to an activating group) is 1. The highest BCUT2D eigenvalue weighted by Gasteiger charge is 2.41. The minimum atomic E-state index is -0.733. The standard InChI is InChI=1S/C16H23NO3/c1-17(10-8-14-6-3-2-4-7-14)12-16(15(18)19)9-5-11-20-13-16/h2-4,6-7H,5,8-13H2,1H3,(H,18,19). The molecular formula is C16H23NO3. The Balaban J connectivity index is 1.88. The minimum Gasteiger partial charge on any atom is -0.481 e. The van der Waals surface area contributed by atoms with Gasteiger partial charge in [0.1, 0.15) is 5.41 Å². The van der Waals surface area contributed by atoms with E-state index in [0.29, 0.717) is 26.2 Å². The van der Waals surface area contributed by atoms with Gasteiger partial charge in [-0.25, -0.2) is 0 Å². The van der Waals surface area contributed by atoms with E-state index in [4.69, 9.17) is 4.74 Å². The van der Waals surface area contributed by atoms with Gasteiger partial charge < -0.3 is 14.7 Å². The van der Waals surface area contributed by atoms with Crippen LogP contribution in [0.15, 0.2) is 30.3 Å². The summed E-state index contributed by atoms with van der Waals surface area (Å²) in [5.41, 5.74) is 0.549. The Bertz CT molecular complexity index is 427. The molecule has 1 N–H and O–H groups in total. The van der Waals surface area contributed by atoms with Gasteiger partial charge in [-0.15, -0.1) is 0 Å². The van der Waals surface area contributed by atoms with Gasteiger partial charge in [0.2, 0.25) is 0 Å². The smallest absolute Gasteiger partial charge is 0.313 e. The number of rotatable bonds is 6. The molecule has 20 heavy (non-hydrogen) atoms. The molecule has 2 rings (SSSR count). The van der Waals surface area contributed by atoms with E-state index in [1.54, 1.807) is 0 Å². The Kier molecular flexibility index (Phi) is 5.15. The molecule has 1 aliphatic heterocycles. The maximum atomic E-state index is 11.6. The van der Waals surface area contributed by atoms with Crippen molar-refractivity contribution in [1.82, 2.24) is 4.90 Å². The number of carboxylic acids is 1. The lowest BCUT2D eigenvalue weighted by Gasteiger charge is -2.36. The first-order chi connectivity index (χ1) is 9.62. The number of carbonyl (C=O) groups is 1. The first-order valence-corrected chi connectivity index (χ1v) is 7.16. The van der Waals surface area contributed by atoms with E-state index in [0.717, 1.165) is 19.4 Å². The van der Waals surface area contributed by atoms with Crippen LogP contribution in [-0.2, 0) is 16.0 Å². The van der Waals surface area contributed by atoms with Gasteiger partial charge in [0.15, 0.2) is 0 Å². The molecule has 0 spiro atoms. The van der Waals surface area contributed by atoms with Crippen molar-refractivity contribution in [1.29, 1.82) is 0 Å². The molecule has 1 aromatic rings. The Hall–Kier alpha value is -1.39. The molecule has 0 bridgehead atoms. The Morgan fingerprint density at radius 3 is 2.75 bits per heavy atom. The second kappa shape index (κ2) is 6.86. The quantitative estimate of drug-likeness (QED) is 0.864. The molecule has 110 valence electrons. The Morgan fingerprint density at radius 1 is 1.40 bits per heavy atom. The summed E-state index contributed by atoms with van der Waals surface area (Å²) in [5.74, 6) is -0.733. The second-order valence-corrected chi connectivity index (χ2v) is 5.72. The van der Waals surface area contributed by atoms with E-state index in [2.05, 4.69) is 17.0 Å². The van der Waals surface area contributed by atoms with E-state index in [1.165, 1.54) is 5.56 Å². The first kappa shape index (κ1) is 15.0. The molecule has 0 aliphatic carbocycles. The average Bonchev–Trinajstić information content (AvgIpc) is 2.47. The second-order valence-electron chi connectivity index (χ2n) is 5.72. The third kappa shape index (κ3) is 3.81. The van der Waals surface area contributed by atoms with Gasteiger partial charge in [-0.2, -0.15) is 0 Å². The summed E-state index contributed by atoms with van der Waals surface area (Å²) in [6, 6.07) is 10.3. The zero-order chi connectivity index (χ0) is 14.4. The predicted molar refractivity (Wildman–Crippen MR) is 77.8 cm³/mol. The van der Waals surface area contributed by atoms with Crippen LogP contribution in [0.2, 0.25) is 0 Å². The molecule has 0 saturated carbocycles. The lowest BCUT2D eigenvalue weighted by molar-refractivity contribution is -0.159. The largest absolute Gasteiger partial charge is 0.481 e. The fourth-order valence-corrected chi connectivity index (χ4v) is 2.77. The van der Waals surface area contributed by atoms with Crippen molar-refractivity contribution in [3.05, 3.63) is 35.9 Å². The van der Waals surface area contributed by atoms with Crippen molar-refractivity contribution < 1.29 is 14.6 Å². The van der Waals surface area contributed by atoms with Gasteiger partial charge in [-0.05, 0) is 31.9 Å². The monoisotopic (exact) mass is 277 g/mol. The molecule has 1 saturated heterocycles. The van der Waals surface area contributed by atoms with Crippen LogP contribution in [0, 0.1) is 5.41 Å². The van der Waals surface area contributed by atoms with Gasteiger partial charge in [0.25, 0.3) is 0 Å². The van der Waals surface area contributed by atoms with Gasteiger partial charge >= 0.3 is 5.97 Å². The third-order valence-corrected chi connectivity index (χ3v) is 3.97. The van der Waals surface area contributed by atoms with Crippen molar-refractivity contribution >= 4 is 5.97 Å². The summed E-state index contributed by atoms with van der Waals surface area (Å²) in [6.45, 7) is 2.43. The van der Waals surface area contributed by atoms with Gasteiger partial charge in [0.05, 0.1) is 6.61 Å². The molecule has 1 aliphatic rings. The summed E-state index contributed by atoms with van der Waals surface area (Å²) >= 11 is 0. The molecule has 4 nitrogen and oxygen atoms in total. The van der Waals surface area contributed by atoms with Gasteiger partial charge in [-0.1, -0.05) is 30.3 Å². The molecule has 0 aromatic heterocycles. The van der Waals surface area contributed by atoms with E-state index >= 15 is 0 Å². The molecule has 0 amide bonds. The predicted octanol–water partition coefficient (Wildman–Crippen LogP) is 2.04. The van der Waals surface area contributed by atoms with Crippen LogP contribution in [0.1, 0.15) is 18.4 Å². The number of carboxylic acid groups (broad SMARTS) is 1. The molecule has 0 radical (unpaired) electrons. The number of benzene rings is 1. The molecule has 1 fully saturated rings. The SMILES string of the molecule is CN(CCc1ccccc1)CC1(C(=O)O)CCCOC1. The summed E-state index contributed by atoms with van der Waals surface area (Å²) < 4.78 is 5.40. The number of nitrogens with zero attached hydrogens (tertiary/aromatic N) is 1. The van der Waals surface area contributed by atoms with Crippen LogP contribution in [0.4, 0.5) is 0 Å². The third-order valence-electron chi connectivity index (χ3n) is 3.97. The van der Waals surface area contributed by atoms with Crippen molar-refractivity contribution in [3.8, 4) is 0 Å². The van der Waals surface area contributed by atoms with Crippen molar-refractivity contribution in [2.75, 3.05) is 33.4 Å². The summed E-state index contributed by atoms with van der Waals surface area (Å²) in [5, 5.41) is 9.52. The zero-order valence-corrected chi connectivity index (χ0v) is 12.0. The molecule has 1 aromatic carbocycles. The van der Waals surface area contributed by atoms with E-state index in [1.807, 2.05) is 25.2 Å². The number of ether oxygens (including phenoxy) is 1. The lowest BCUT2D eigenvalue weighted by atomic mass is 9.82. The van der Waals surface area contributed by atoms with Crippen LogP contribution in [0.3, 0.4) is 0 Å². The highest BCUT2D eigenvalue weighted by atomic mass is 16.5. The fraction of sp³-hybridized carbons (Fsp3) is 0.562. The maximum Gasteiger partial charge on any atom is 0.313 e. The topological polar surface area (TPSA) is 49.8 Å². The van der Waals surface area contributed by atoms with Crippen molar-refractivity contribution in [2.24, 2.45) is 5.41 Å². The lowest BCUT2D eigenvalue weighted by Crippen LogP contribution is -2.47. The molecule has 1 unspecified atom stereocenters. The molecule has 4 heteroatoms. The molecule has 1 heterocycles. The molecule has 1 atom stereocenters. The maximum absolute atomic E-state index is 11.6. The number of hydrogen-bond acceptors (Lipinski definition) is 3. The van der Waals surface area contributed by atoms with Crippen molar-refractivity contribution in [3.63, 3.8) is 0 Å². The van der Waals surface area contributed by atoms with Crippen molar-refractivity contribution in [2.45, 2.75) is 19.3 Å². The fourth-order valence-electron chi connectivity index (χ4n) is 2.77. The normalized spacial score (nSPS) is 22.9. The van der Waals surface area contributed by atoms with Crippen LogP contribution in [0.5, 0.6) is 0 Å². The Labute approximate surface area is 120 Å². The Morgan fingerprint density at radius 2 is 2.15 bits per heavy atom. The zero-order valence-electron chi connectivity index (χ0n) is 12.0. The average molecular weight is 277 g/mol. The van der Waals surface area contributed by atoms with E-state index < -0.39 is 11.4 Å². The number of aliphatic carboxylic acids is 1. The first-order valence-electron chi connectivity index (χ1n) is 7.16. The number of hydrogen-bond donors (Lipinski definition) is 1. The van der Waals surface area contributed by atoms with Crippen LogP contribution in [-0.4, -0.2) is 49.3 Å². The van der Waals surface area contributed by atoms with Gasteiger partial charge in [0, 0.05) is 19.7 Å².